The summed E-state index contributed by atoms with van der Waals surface area (Å²) in [6.45, 7) is 2.84. The summed E-state index contributed by atoms with van der Waals surface area (Å²) in [5, 5.41) is 0. The maximum Gasteiger partial charge on any atom is 0.338 e. The molecule has 0 aliphatic carbocycles. The Bertz CT molecular complexity index is 1200. The molecular weight excluding hydrogens is 484 g/mol. The van der Waals surface area contributed by atoms with Crippen LogP contribution in [0, 0.1) is 11.8 Å². The number of hydrogen-bond donors (Lipinski definition) is 0. The molecule has 1 heterocycles. The molecule has 1 saturated heterocycles. The van der Waals surface area contributed by atoms with Crippen LogP contribution in [0.25, 0.3) is 0 Å². The lowest BCUT2D eigenvalue weighted by Gasteiger charge is -2.25. The Morgan fingerprint density at radius 1 is 0.868 bits per heavy atom. The molecule has 1 aliphatic rings. The van der Waals surface area contributed by atoms with Gasteiger partial charge in [0.2, 0.25) is 0 Å². The van der Waals surface area contributed by atoms with Gasteiger partial charge >= 0.3 is 5.97 Å². The van der Waals surface area contributed by atoms with E-state index in [2.05, 4.69) is 13.0 Å². The topological polar surface area (TPSA) is 72.5 Å². The van der Waals surface area contributed by atoms with Crippen LogP contribution >= 0.6 is 0 Å². The van der Waals surface area contributed by atoms with E-state index in [0.29, 0.717) is 29.4 Å². The van der Waals surface area contributed by atoms with E-state index in [0.717, 1.165) is 35.3 Å². The third-order valence-electron chi connectivity index (χ3n) is 7.13. The Hall–Kier alpha value is -3.71. The number of carbonyl (C=O) groups is 1. The number of carbonyl (C=O) groups excluding carboxylic acids is 1. The second-order valence-electron chi connectivity index (χ2n) is 9.30. The molecular formula is C31H36O7. The monoisotopic (exact) mass is 520 g/mol. The summed E-state index contributed by atoms with van der Waals surface area (Å²) in [6, 6.07) is 19.1. The lowest BCUT2D eigenvalue weighted by atomic mass is 9.83. The fourth-order valence-electron chi connectivity index (χ4n) is 5.13. The summed E-state index contributed by atoms with van der Waals surface area (Å²) in [4.78, 5) is 12.8. The fourth-order valence-corrected chi connectivity index (χ4v) is 5.13. The third-order valence-corrected chi connectivity index (χ3v) is 7.13. The Balaban J connectivity index is 1.64. The van der Waals surface area contributed by atoms with Crippen molar-refractivity contribution in [3.63, 3.8) is 0 Å². The standard InChI is InChI=1S/C31H36O7/c1-6-21-16-23(17-28(35-4)30(21)36-5)29-25(19-38-31(32)22-10-8-7-9-11-22)24(18-37-29)14-20-12-13-26(33-2)27(15-20)34-3/h7-13,15-17,24-25,29H,6,14,18-19H2,1-5H3/t24-,25-,29+/m0/s1. The van der Waals surface area contributed by atoms with Gasteiger partial charge in [-0.3, -0.25) is 0 Å². The highest BCUT2D eigenvalue weighted by Crippen LogP contribution is 2.44. The van der Waals surface area contributed by atoms with Gasteiger partial charge in [0.1, 0.15) is 0 Å². The summed E-state index contributed by atoms with van der Waals surface area (Å²) in [5.41, 5.74) is 3.64. The van der Waals surface area contributed by atoms with Crippen molar-refractivity contribution in [3.8, 4) is 23.0 Å². The molecule has 0 saturated carbocycles. The Labute approximate surface area is 224 Å². The van der Waals surface area contributed by atoms with Crippen LogP contribution in [0.2, 0.25) is 0 Å². The van der Waals surface area contributed by atoms with E-state index < -0.39 is 0 Å². The maximum absolute atomic E-state index is 12.8. The molecule has 0 unspecified atom stereocenters. The summed E-state index contributed by atoms with van der Waals surface area (Å²) in [7, 11) is 6.53. The van der Waals surface area contributed by atoms with Crippen LogP contribution in [0.1, 0.15) is 40.1 Å². The van der Waals surface area contributed by atoms with Crippen molar-refractivity contribution in [3.05, 3.63) is 82.9 Å². The van der Waals surface area contributed by atoms with Crippen molar-refractivity contribution in [2.75, 3.05) is 41.7 Å². The van der Waals surface area contributed by atoms with Crippen LogP contribution in [-0.4, -0.2) is 47.6 Å². The third kappa shape index (κ3) is 5.89. The fraction of sp³-hybridized carbons (Fsp3) is 0.387. The minimum Gasteiger partial charge on any atom is -0.493 e. The highest BCUT2D eigenvalue weighted by molar-refractivity contribution is 5.89. The first-order chi connectivity index (χ1) is 18.5. The predicted octanol–water partition coefficient (Wildman–Crippen LogP) is 5.69. The zero-order valence-corrected chi connectivity index (χ0v) is 22.7. The number of methoxy groups -OCH3 is 4. The van der Waals surface area contributed by atoms with Crippen LogP contribution < -0.4 is 18.9 Å². The Morgan fingerprint density at radius 3 is 2.26 bits per heavy atom. The van der Waals surface area contributed by atoms with Crippen molar-refractivity contribution in [1.29, 1.82) is 0 Å². The van der Waals surface area contributed by atoms with Crippen molar-refractivity contribution < 1.29 is 33.2 Å². The first-order valence-corrected chi connectivity index (χ1v) is 12.8. The minimum absolute atomic E-state index is 0.0708. The predicted molar refractivity (Wildman–Crippen MR) is 145 cm³/mol. The van der Waals surface area contributed by atoms with Crippen LogP contribution in [0.3, 0.4) is 0 Å². The SMILES string of the molecule is CCc1cc([C@H]2OC[C@H](Cc3ccc(OC)c(OC)c3)[C@@H]2COC(=O)c2ccccc2)cc(OC)c1OC. The lowest BCUT2D eigenvalue weighted by molar-refractivity contribution is 0.0289. The number of ether oxygens (including phenoxy) is 6. The van der Waals surface area contributed by atoms with E-state index in [9.17, 15) is 4.79 Å². The van der Waals surface area contributed by atoms with Crippen LogP contribution in [0.15, 0.2) is 60.7 Å². The van der Waals surface area contributed by atoms with E-state index in [1.807, 2.05) is 42.5 Å². The first-order valence-electron chi connectivity index (χ1n) is 12.8. The molecule has 0 bridgehead atoms. The van der Waals surface area contributed by atoms with Crippen molar-refractivity contribution >= 4 is 5.97 Å². The van der Waals surface area contributed by atoms with E-state index in [-0.39, 0.29) is 30.5 Å². The zero-order valence-electron chi connectivity index (χ0n) is 22.7. The second kappa shape index (κ2) is 12.7. The first kappa shape index (κ1) is 27.3. The van der Waals surface area contributed by atoms with E-state index >= 15 is 0 Å². The van der Waals surface area contributed by atoms with Crippen LogP contribution in [0.4, 0.5) is 0 Å². The molecule has 0 N–H and O–H groups in total. The van der Waals surface area contributed by atoms with Gasteiger partial charge in [0, 0.05) is 5.92 Å². The van der Waals surface area contributed by atoms with Gasteiger partial charge in [-0.05, 0) is 71.8 Å². The van der Waals surface area contributed by atoms with E-state index in [1.54, 1.807) is 40.6 Å². The van der Waals surface area contributed by atoms with E-state index in [1.165, 1.54) is 0 Å². The van der Waals surface area contributed by atoms with Crippen molar-refractivity contribution in [1.82, 2.24) is 0 Å². The van der Waals surface area contributed by atoms with Crippen molar-refractivity contribution in [2.24, 2.45) is 11.8 Å². The molecule has 38 heavy (non-hydrogen) atoms. The molecule has 1 fully saturated rings. The quantitative estimate of drug-likeness (QED) is 0.301. The van der Waals surface area contributed by atoms with Gasteiger partial charge in [-0.1, -0.05) is 31.2 Å². The Morgan fingerprint density at radius 2 is 1.61 bits per heavy atom. The lowest BCUT2D eigenvalue weighted by Crippen LogP contribution is -2.24. The molecule has 7 heteroatoms. The number of aryl methyl sites for hydroxylation is 1. The molecule has 3 aromatic carbocycles. The highest BCUT2D eigenvalue weighted by Gasteiger charge is 2.40. The molecule has 1 aliphatic heterocycles. The van der Waals surface area contributed by atoms with Crippen LogP contribution in [0.5, 0.6) is 23.0 Å². The summed E-state index contributed by atoms with van der Waals surface area (Å²) in [6.07, 6.45) is 1.25. The molecule has 3 atom stereocenters. The average Bonchev–Trinajstić information content (AvgIpc) is 3.37. The molecule has 0 spiro atoms. The van der Waals surface area contributed by atoms with E-state index in [4.69, 9.17) is 28.4 Å². The number of benzene rings is 3. The molecule has 202 valence electrons. The van der Waals surface area contributed by atoms with Crippen molar-refractivity contribution in [2.45, 2.75) is 25.9 Å². The molecule has 0 amide bonds. The van der Waals surface area contributed by atoms with Gasteiger partial charge in [-0.2, -0.15) is 0 Å². The number of rotatable bonds is 11. The average molecular weight is 521 g/mol. The van der Waals surface area contributed by atoms with Gasteiger partial charge in [-0.25, -0.2) is 4.79 Å². The largest absolute Gasteiger partial charge is 0.493 e. The van der Waals surface area contributed by atoms with Gasteiger partial charge in [-0.15, -0.1) is 0 Å². The second-order valence-corrected chi connectivity index (χ2v) is 9.30. The number of hydrogen-bond acceptors (Lipinski definition) is 7. The van der Waals surface area contributed by atoms with Crippen LogP contribution in [-0.2, 0) is 22.3 Å². The molecule has 0 aromatic heterocycles. The summed E-state index contributed by atoms with van der Waals surface area (Å²) in [5.74, 6) is 2.45. The zero-order chi connectivity index (χ0) is 27.1. The maximum atomic E-state index is 12.8. The smallest absolute Gasteiger partial charge is 0.338 e. The molecule has 7 nitrogen and oxygen atoms in total. The number of esters is 1. The minimum atomic E-state index is -0.345. The van der Waals surface area contributed by atoms with Gasteiger partial charge in [0.25, 0.3) is 0 Å². The molecule has 4 rings (SSSR count). The Kier molecular flexibility index (Phi) is 9.13. The molecule has 3 aromatic rings. The highest BCUT2D eigenvalue weighted by atomic mass is 16.5. The normalized spacial score (nSPS) is 18.6. The van der Waals surface area contributed by atoms with Gasteiger partial charge in [0.05, 0.1) is 53.3 Å². The summed E-state index contributed by atoms with van der Waals surface area (Å²) < 4.78 is 34.4. The van der Waals surface area contributed by atoms with Gasteiger partial charge in [0.15, 0.2) is 23.0 Å². The summed E-state index contributed by atoms with van der Waals surface area (Å²) >= 11 is 0. The van der Waals surface area contributed by atoms with Gasteiger partial charge < -0.3 is 28.4 Å². The molecule has 0 radical (unpaired) electrons.